The number of halogens is 2. The van der Waals surface area contributed by atoms with Crippen molar-refractivity contribution in [3.05, 3.63) is 63.1 Å². The summed E-state index contributed by atoms with van der Waals surface area (Å²) in [6, 6.07) is 12.0. The first-order valence-electron chi connectivity index (χ1n) is 5.57. The number of hydrogen-bond acceptors (Lipinski definition) is 2. The van der Waals surface area contributed by atoms with Crippen LogP contribution in [0, 0.1) is 0 Å². The van der Waals surface area contributed by atoms with Crippen molar-refractivity contribution in [2.75, 3.05) is 0 Å². The molecule has 0 unspecified atom stereocenters. The van der Waals surface area contributed by atoms with E-state index in [9.17, 15) is 9.90 Å². The lowest BCUT2D eigenvalue weighted by Gasteiger charge is -2.06. The minimum Gasteiger partial charge on any atom is -0.507 e. The molecule has 0 fully saturated rings. The molecule has 0 atom stereocenters. The van der Waals surface area contributed by atoms with E-state index in [0.717, 1.165) is 5.56 Å². The monoisotopic (exact) mass is 339 g/mol. The van der Waals surface area contributed by atoms with Gasteiger partial charge in [-0.2, -0.15) is 0 Å². The fourth-order valence-electron chi connectivity index (χ4n) is 1.59. The molecule has 0 aliphatic rings. The summed E-state index contributed by atoms with van der Waals surface area (Å²) in [4.78, 5) is 11.9. The number of aromatic hydroxyl groups is 1. The zero-order valence-electron chi connectivity index (χ0n) is 9.86. The Balaban J connectivity index is 2.03. The summed E-state index contributed by atoms with van der Waals surface area (Å²) in [6.07, 6.45) is 0. The normalized spacial score (nSPS) is 10.2. The van der Waals surface area contributed by atoms with Crippen LogP contribution in [0.3, 0.4) is 0 Å². The summed E-state index contributed by atoms with van der Waals surface area (Å²) < 4.78 is 0.555. The van der Waals surface area contributed by atoms with Crippen molar-refractivity contribution in [2.24, 2.45) is 0 Å². The molecular formula is C14H11BrClNO2. The Hall–Kier alpha value is -1.52. The van der Waals surface area contributed by atoms with E-state index in [0.29, 0.717) is 21.6 Å². The number of phenolic OH excluding ortho intramolecular Hbond substituents is 1. The highest BCUT2D eigenvalue weighted by atomic mass is 79.9. The highest BCUT2D eigenvalue weighted by Crippen LogP contribution is 2.24. The SMILES string of the molecule is O=C(NCc1cccc(Cl)c1)c1ccc(Br)c(O)c1. The summed E-state index contributed by atoms with van der Waals surface area (Å²) in [5.41, 5.74) is 1.32. The average molecular weight is 341 g/mol. The Morgan fingerprint density at radius 1 is 1.26 bits per heavy atom. The van der Waals surface area contributed by atoms with Crippen LogP contribution in [0.2, 0.25) is 5.02 Å². The van der Waals surface area contributed by atoms with Gasteiger partial charge in [-0.15, -0.1) is 0 Å². The van der Waals surface area contributed by atoms with Gasteiger partial charge >= 0.3 is 0 Å². The number of phenols is 1. The highest BCUT2D eigenvalue weighted by molar-refractivity contribution is 9.10. The van der Waals surface area contributed by atoms with Gasteiger partial charge in [0.1, 0.15) is 5.75 Å². The lowest BCUT2D eigenvalue weighted by atomic mass is 10.2. The van der Waals surface area contributed by atoms with Crippen LogP contribution < -0.4 is 5.32 Å². The maximum atomic E-state index is 11.9. The second-order valence-corrected chi connectivity index (χ2v) is 5.27. The van der Waals surface area contributed by atoms with Crippen molar-refractivity contribution >= 4 is 33.4 Å². The van der Waals surface area contributed by atoms with E-state index in [1.807, 2.05) is 12.1 Å². The van der Waals surface area contributed by atoms with E-state index in [1.54, 1.807) is 24.3 Å². The number of nitrogens with one attached hydrogen (secondary N) is 1. The van der Waals surface area contributed by atoms with Crippen LogP contribution in [0.25, 0.3) is 0 Å². The van der Waals surface area contributed by atoms with E-state index in [1.165, 1.54) is 6.07 Å². The second-order valence-electron chi connectivity index (χ2n) is 3.98. The van der Waals surface area contributed by atoms with Crippen molar-refractivity contribution < 1.29 is 9.90 Å². The molecule has 0 aliphatic heterocycles. The lowest BCUT2D eigenvalue weighted by molar-refractivity contribution is 0.0950. The molecule has 0 saturated heterocycles. The Morgan fingerprint density at radius 3 is 2.74 bits per heavy atom. The molecule has 3 nitrogen and oxygen atoms in total. The number of carbonyl (C=O) groups is 1. The summed E-state index contributed by atoms with van der Waals surface area (Å²) in [7, 11) is 0. The number of amides is 1. The van der Waals surface area contributed by atoms with Crippen molar-refractivity contribution in [2.45, 2.75) is 6.54 Å². The molecule has 5 heteroatoms. The molecule has 19 heavy (non-hydrogen) atoms. The molecular weight excluding hydrogens is 330 g/mol. The minimum atomic E-state index is -0.247. The average Bonchev–Trinajstić information content (AvgIpc) is 2.39. The number of carbonyl (C=O) groups excluding carboxylic acids is 1. The third-order valence-electron chi connectivity index (χ3n) is 2.55. The van der Waals surface area contributed by atoms with E-state index in [-0.39, 0.29) is 11.7 Å². The number of rotatable bonds is 3. The molecule has 0 aliphatic carbocycles. The topological polar surface area (TPSA) is 49.3 Å². The van der Waals surface area contributed by atoms with Gasteiger partial charge in [-0.25, -0.2) is 0 Å². The van der Waals surface area contributed by atoms with Crippen molar-refractivity contribution in [3.8, 4) is 5.75 Å². The molecule has 0 aromatic heterocycles. The molecule has 2 aromatic rings. The van der Waals surface area contributed by atoms with Gasteiger partial charge in [0.2, 0.25) is 0 Å². The van der Waals surface area contributed by atoms with Crippen molar-refractivity contribution in [1.82, 2.24) is 5.32 Å². The van der Waals surface area contributed by atoms with Crippen LogP contribution in [-0.2, 0) is 6.54 Å². The zero-order chi connectivity index (χ0) is 13.8. The zero-order valence-corrected chi connectivity index (χ0v) is 12.2. The van der Waals surface area contributed by atoms with Crippen molar-refractivity contribution in [3.63, 3.8) is 0 Å². The summed E-state index contributed by atoms with van der Waals surface area (Å²) in [5.74, 6) is -0.210. The number of hydrogen-bond donors (Lipinski definition) is 2. The first-order chi connectivity index (χ1) is 9.06. The van der Waals surface area contributed by atoms with E-state index >= 15 is 0 Å². The largest absolute Gasteiger partial charge is 0.507 e. The first kappa shape index (κ1) is 13.9. The van der Waals surface area contributed by atoms with Gasteiger partial charge in [-0.05, 0) is 51.8 Å². The van der Waals surface area contributed by atoms with Gasteiger partial charge < -0.3 is 10.4 Å². The van der Waals surface area contributed by atoms with Crippen LogP contribution in [0.1, 0.15) is 15.9 Å². The Labute approximate surface area is 124 Å². The van der Waals surface area contributed by atoms with Gasteiger partial charge in [-0.3, -0.25) is 4.79 Å². The van der Waals surface area contributed by atoms with Crippen LogP contribution in [-0.4, -0.2) is 11.0 Å². The molecule has 0 heterocycles. The van der Waals surface area contributed by atoms with Crippen LogP contribution in [0.4, 0.5) is 0 Å². The molecule has 2 rings (SSSR count). The van der Waals surface area contributed by atoms with Gasteiger partial charge in [-0.1, -0.05) is 23.7 Å². The van der Waals surface area contributed by atoms with Crippen LogP contribution >= 0.6 is 27.5 Å². The van der Waals surface area contributed by atoms with Crippen LogP contribution in [0.5, 0.6) is 5.75 Å². The standard InChI is InChI=1S/C14H11BrClNO2/c15-12-5-4-10(7-13(12)18)14(19)17-8-9-2-1-3-11(16)6-9/h1-7,18H,8H2,(H,17,19). The minimum absolute atomic E-state index is 0.0374. The fourth-order valence-corrected chi connectivity index (χ4v) is 2.04. The maximum absolute atomic E-state index is 11.9. The Bertz CT molecular complexity index is 616. The van der Waals surface area contributed by atoms with Gasteiger partial charge in [0.15, 0.2) is 0 Å². The lowest BCUT2D eigenvalue weighted by Crippen LogP contribution is -2.22. The molecule has 2 aromatic carbocycles. The molecule has 0 saturated carbocycles. The predicted octanol–water partition coefficient (Wildman–Crippen LogP) is 3.74. The van der Waals surface area contributed by atoms with Crippen LogP contribution in [0.15, 0.2) is 46.9 Å². The Kier molecular flexibility index (Phi) is 4.45. The molecule has 0 spiro atoms. The Morgan fingerprint density at radius 2 is 2.05 bits per heavy atom. The van der Waals surface area contributed by atoms with Gasteiger partial charge in [0.05, 0.1) is 4.47 Å². The molecule has 2 N–H and O–H groups in total. The summed E-state index contributed by atoms with van der Waals surface area (Å²) in [6.45, 7) is 0.385. The number of benzene rings is 2. The highest BCUT2D eigenvalue weighted by Gasteiger charge is 2.08. The quantitative estimate of drug-likeness (QED) is 0.894. The van der Waals surface area contributed by atoms with E-state index in [4.69, 9.17) is 11.6 Å². The summed E-state index contributed by atoms with van der Waals surface area (Å²) >= 11 is 9.03. The second kappa shape index (κ2) is 6.08. The molecule has 0 bridgehead atoms. The van der Waals surface area contributed by atoms with Crippen molar-refractivity contribution in [1.29, 1.82) is 0 Å². The van der Waals surface area contributed by atoms with Gasteiger partial charge in [0, 0.05) is 17.1 Å². The fraction of sp³-hybridized carbons (Fsp3) is 0.0714. The summed E-state index contributed by atoms with van der Waals surface area (Å²) in [5, 5.41) is 12.9. The molecule has 1 amide bonds. The molecule has 98 valence electrons. The third-order valence-corrected chi connectivity index (χ3v) is 3.46. The third kappa shape index (κ3) is 3.72. The smallest absolute Gasteiger partial charge is 0.251 e. The predicted molar refractivity (Wildman–Crippen MR) is 78.4 cm³/mol. The van der Waals surface area contributed by atoms with E-state index < -0.39 is 0 Å². The first-order valence-corrected chi connectivity index (χ1v) is 6.74. The van der Waals surface area contributed by atoms with Gasteiger partial charge in [0.25, 0.3) is 5.91 Å². The molecule has 0 radical (unpaired) electrons. The maximum Gasteiger partial charge on any atom is 0.251 e. The van der Waals surface area contributed by atoms with E-state index in [2.05, 4.69) is 21.2 Å².